The fraction of sp³-hybridized carbons (Fsp3) is 0.941. The molecule has 2 fully saturated rings. The van der Waals surface area contributed by atoms with E-state index >= 15 is 0 Å². The SMILES string of the molecule is CC(C)(C)OC(=O)N1CCC(CN2CCC[C@@H](CO)C2)CC1. The van der Waals surface area contributed by atoms with Crippen LogP contribution < -0.4 is 0 Å². The number of rotatable bonds is 3. The van der Waals surface area contributed by atoms with Crippen molar-refractivity contribution >= 4 is 6.09 Å². The van der Waals surface area contributed by atoms with Gasteiger partial charge in [-0.1, -0.05) is 0 Å². The van der Waals surface area contributed by atoms with Gasteiger partial charge in [0.1, 0.15) is 5.60 Å². The van der Waals surface area contributed by atoms with Gasteiger partial charge in [0.2, 0.25) is 0 Å². The highest BCUT2D eigenvalue weighted by Crippen LogP contribution is 2.23. The molecule has 0 bridgehead atoms. The molecule has 2 rings (SSSR count). The third-order valence-corrected chi connectivity index (χ3v) is 4.64. The highest BCUT2D eigenvalue weighted by molar-refractivity contribution is 5.68. The first-order valence-electron chi connectivity index (χ1n) is 8.68. The first-order valence-corrected chi connectivity index (χ1v) is 8.68. The Bertz CT molecular complexity index is 359. The van der Waals surface area contributed by atoms with E-state index in [4.69, 9.17) is 4.74 Å². The summed E-state index contributed by atoms with van der Waals surface area (Å²) in [4.78, 5) is 16.4. The maximum absolute atomic E-state index is 12.1. The fourth-order valence-electron chi connectivity index (χ4n) is 3.46. The van der Waals surface area contributed by atoms with Crippen LogP contribution in [0.5, 0.6) is 0 Å². The number of hydrogen-bond acceptors (Lipinski definition) is 4. The van der Waals surface area contributed by atoms with Crippen LogP contribution in [0.4, 0.5) is 4.79 Å². The highest BCUT2D eigenvalue weighted by atomic mass is 16.6. The fourth-order valence-corrected chi connectivity index (χ4v) is 3.46. The average Bonchev–Trinajstić information content (AvgIpc) is 2.46. The lowest BCUT2D eigenvalue weighted by molar-refractivity contribution is 0.0157. The summed E-state index contributed by atoms with van der Waals surface area (Å²) >= 11 is 0. The molecule has 1 amide bonds. The molecule has 0 unspecified atom stereocenters. The molecule has 0 aromatic rings. The Morgan fingerprint density at radius 2 is 1.82 bits per heavy atom. The summed E-state index contributed by atoms with van der Waals surface area (Å²) in [5.74, 6) is 1.12. The topological polar surface area (TPSA) is 53.0 Å². The zero-order valence-electron chi connectivity index (χ0n) is 14.4. The van der Waals surface area contributed by atoms with E-state index in [2.05, 4.69) is 4.90 Å². The third-order valence-electron chi connectivity index (χ3n) is 4.64. The molecule has 1 N–H and O–H groups in total. The minimum Gasteiger partial charge on any atom is -0.444 e. The van der Waals surface area contributed by atoms with Gasteiger partial charge >= 0.3 is 6.09 Å². The molecule has 0 aromatic heterocycles. The smallest absolute Gasteiger partial charge is 0.410 e. The summed E-state index contributed by atoms with van der Waals surface area (Å²) in [7, 11) is 0. The molecule has 2 heterocycles. The van der Waals surface area contributed by atoms with Crippen molar-refractivity contribution in [2.24, 2.45) is 11.8 Å². The molecule has 2 aliphatic heterocycles. The summed E-state index contributed by atoms with van der Waals surface area (Å²) < 4.78 is 5.44. The molecular formula is C17H32N2O3. The van der Waals surface area contributed by atoms with Gasteiger partial charge in [0.05, 0.1) is 0 Å². The highest BCUT2D eigenvalue weighted by Gasteiger charge is 2.28. The van der Waals surface area contributed by atoms with Crippen molar-refractivity contribution < 1.29 is 14.6 Å². The van der Waals surface area contributed by atoms with Gasteiger partial charge in [-0.25, -0.2) is 4.79 Å². The summed E-state index contributed by atoms with van der Waals surface area (Å²) in [5, 5.41) is 9.32. The van der Waals surface area contributed by atoms with Crippen LogP contribution in [0.2, 0.25) is 0 Å². The molecule has 5 heteroatoms. The van der Waals surface area contributed by atoms with Crippen LogP contribution in [0.1, 0.15) is 46.5 Å². The van der Waals surface area contributed by atoms with E-state index in [0.717, 1.165) is 52.0 Å². The standard InChI is InChI=1S/C17H32N2O3/c1-17(2,3)22-16(21)19-9-6-14(7-10-19)11-18-8-4-5-15(12-18)13-20/h14-15,20H,4-13H2,1-3H3/t15-/m1/s1. The molecule has 22 heavy (non-hydrogen) atoms. The number of carbonyl (C=O) groups excluding carboxylic acids is 1. The van der Waals surface area contributed by atoms with Gasteiger partial charge in [-0.15, -0.1) is 0 Å². The molecular weight excluding hydrogens is 280 g/mol. The van der Waals surface area contributed by atoms with E-state index in [1.54, 1.807) is 0 Å². The zero-order valence-corrected chi connectivity index (χ0v) is 14.4. The van der Waals surface area contributed by atoms with E-state index in [9.17, 15) is 9.90 Å². The van der Waals surface area contributed by atoms with Crippen LogP contribution in [-0.2, 0) is 4.74 Å². The van der Waals surface area contributed by atoms with Crippen molar-refractivity contribution in [2.75, 3.05) is 39.3 Å². The molecule has 2 saturated heterocycles. The number of hydrogen-bond donors (Lipinski definition) is 1. The molecule has 0 spiro atoms. The Hall–Kier alpha value is -0.810. The molecule has 0 radical (unpaired) electrons. The second-order valence-electron chi connectivity index (χ2n) is 7.86. The van der Waals surface area contributed by atoms with Crippen LogP contribution in [-0.4, -0.2) is 65.9 Å². The number of likely N-dealkylation sites (tertiary alicyclic amines) is 2. The molecule has 2 aliphatic rings. The van der Waals surface area contributed by atoms with Crippen molar-refractivity contribution in [2.45, 2.75) is 52.1 Å². The lowest BCUT2D eigenvalue weighted by Crippen LogP contribution is -2.45. The van der Waals surface area contributed by atoms with Crippen molar-refractivity contribution in [1.29, 1.82) is 0 Å². The number of ether oxygens (including phenoxy) is 1. The van der Waals surface area contributed by atoms with Crippen LogP contribution >= 0.6 is 0 Å². The van der Waals surface area contributed by atoms with Crippen LogP contribution in [0.15, 0.2) is 0 Å². The van der Waals surface area contributed by atoms with E-state index < -0.39 is 5.60 Å². The van der Waals surface area contributed by atoms with Gasteiger partial charge in [0.15, 0.2) is 0 Å². The molecule has 1 atom stereocenters. The number of aliphatic hydroxyl groups is 1. The van der Waals surface area contributed by atoms with E-state index in [-0.39, 0.29) is 6.09 Å². The predicted molar refractivity (Wildman–Crippen MR) is 86.8 cm³/mol. The Kier molecular flexibility index (Phi) is 6.09. The molecule has 0 aromatic carbocycles. The molecule has 0 aliphatic carbocycles. The van der Waals surface area contributed by atoms with Crippen molar-refractivity contribution in [3.63, 3.8) is 0 Å². The van der Waals surface area contributed by atoms with Crippen molar-refractivity contribution in [3.05, 3.63) is 0 Å². The summed E-state index contributed by atoms with van der Waals surface area (Å²) in [5.41, 5.74) is -0.416. The van der Waals surface area contributed by atoms with Gasteiger partial charge in [0, 0.05) is 32.8 Å². The number of amides is 1. The van der Waals surface area contributed by atoms with Crippen LogP contribution in [0.25, 0.3) is 0 Å². The molecule has 0 saturated carbocycles. The van der Waals surface area contributed by atoms with Gasteiger partial charge in [-0.2, -0.15) is 0 Å². The minimum absolute atomic E-state index is 0.177. The minimum atomic E-state index is -0.416. The first kappa shape index (κ1) is 17.5. The second-order valence-corrected chi connectivity index (χ2v) is 7.86. The van der Waals surface area contributed by atoms with E-state index in [0.29, 0.717) is 18.4 Å². The Labute approximate surface area is 134 Å². The van der Waals surface area contributed by atoms with Crippen LogP contribution in [0.3, 0.4) is 0 Å². The maximum atomic E-state index is 12.1. The Morgan fingerprint density at radius 1 is 1.14 bits per heavy atom. The number of piperidine rings is 2. The van der Waals surface area contributed by atoms with Crippen molar-refractivity contribution in [1.82, 2.24) is 9.80 Å². The second kappa shape index (κ2) is 7.64. The molecule has 5 nitrogen and oxygen atoms in total. The van der Waals surface area contributed by atoms with Crippen molar-refractivity contribution in [3.8, 4) is 0 Å². The number of aliphatic hydroxyl groups excluding tert-OH is 1. The Balaban J connectivity index is 1.72. The maximum Gasteiger partial charge on any atom is 0.410 e. The van der Waals surface area contributed by atoms with Crippen LogP contribution in [0, 0.1) is 11.8 Å². The first-order chi connectivity index (χ1) is 10.4. The van der Waals surface area contributed by atoms with E-state index in [1.807, 2.05) is 25.7 Å². The van der Waals surface area contributed by atoms with Gasteiger partial charge < -0.3 is 19.6 Å². The van der Waals surface area contributed by atoms with Gasteiger partial charge in [-0.3, -0.25) is 0 Å². The monoisotopic (exact) mass is 312 g/mol. The van der Waals surface area contributed by atoms with Gasteiger partial charge in [0.25, 0.3) is 0 Å². The molecule has 128 valence electrons. The number of nitrogens with zero attached hydrogens (tertiary/aromatic N) is 2. The third kappa shape index (κ3) is 5.43. The normalized spacial score (nSPS) is 25.3. The lowest BCUT2D eigenvalue weighted by Gasteiger charge is -2.38. The Morgan fingerprint density at radius 3 is 2.41 bits per heavy atom. The zero-order chi connectivity index (χ0) is 16.2. The number of carbonyl (C=O) groups is 1. The summed E-state index contributed by atoms with van der Waals surface area (Å²) in [6.45, 7) is 10.9. The summed E-state index contributed by atoms with van der Waals surface area (Å²) in [6.07, 6.45) is 4.29. The predicted octanol–water partition coefficient (Wildman–Crippen LogP) is 2.34. The van der Waals surface area contributed by atoms with E-state index in [1.165, 1.54) is 6.42 Å². The quantitative estimate of drug-likeness (QED) is 0.869. The lowest BCUT2D eigenvalue weighted by atomic mass is 9.93. The largest absolute Gasteiger partial charge is 0.444 e. The summed E-state index contributed by atoms with van der Waals surface area (Å²) in [6, 6.07) is 0. The average molecular weight is 312 g/mol. The van der Waals surface area contributed by atoms with Gasteiger partial charge in [-0.05, 0) is 64.8 Å².